The summed E-state index contributed by atoms with van der Waals surface area (Å²) in [6.07, 6.45) is 0. The van der Waals surface area contributed by atoms with Crippen LogP contribution in [0, 0.1) is 5.82 Å². The molecule has 0 atom stereocenters. The first-order valence-electron chi connectivity index (χ1n) is 7.71. The van der Waals surface area contributed by atoms with E-state index in [0.717, 1.165) is 37.7 Å². The predicted octanol–water partition coefficient (Wildman–Crippen LogP) is 3.36. The van der Waals surface area contributed by atoms with Crippen molar-refractivity contribution in [3.63, 3.8) is 0 Å². The molecule has 4 nitrogen and oxygen atoms in total. The van der Waals surface area contributed by atoms with E-state index in [2.05, 4.69) is 15.6 Å². The Kier molecular flexibility index (Phi) is 11.0. The minimum Gasteiger partial charge on any atom is -0.370 e. The Morgan fingerprint density at radius 1 is 1.09 bits per heavy atom. The van der Waals surface area contributed by atoms with Crippen molar-refractivity contribution in [2.24, 2.45) is 4.99 Å². The molecule has 0 bridgehead atoms. The van der Waals surface area contributed by atoms with Crippen LogP contribution in [0.1, 0.15) is 33.3 Å². The Balaban J connectivity index is 0.00000441. The van der Waals surface area contributed by atoms with Gasteiger partial charge < -0.3 is 15.5 Å². The van der Waals surface area contributed by atoms with Crippen LogP contribution < -0.4 is 15.5 Å². The van der Waals surface area contributed by atoms with Gasteiger partial charge in [0.25, 0.3) is 0 Å². The molecule has 1 aromatic carbocycles. The molecule has 0 unspecified atom stereocenters. The van der Waals surface area contributed by atoms with Crippen molar-refractivity contribution in [1.82, 2.24) is 10.6 Å². The molecule has 0 fully saturated rings. The molecule has 0 saturated carbocycles. The highest BCUT2D eigenvalue weighted by atomic mass is 127. The summed E-state index contributed by atoms with van der Waals surface area (Å²) in [7, 11) is 0. The van der Waals surface area contributed by atoms with E-state index in [0.29, 0.717) is 12.2 Å². The molecule has 0 aliphatic heterocycles. The SMILES string of the molecule is CCNC(=NCc1ccc(N(CC)CC)c(F)c1)NCC.I. The standard InChI is InChI=1S/C16H27FN4.HI/c1-5-18-16(19-6-2)20-12-13-9-10-15(14(17)11-13)21(7-3)8-4;/h9-11H,5-8,12H2,1-4H3,(H2,18,19,20);1H. The van der Waals surface area contributed by atoms with Gasteiger partial charge in [-0.05, 0) is 45.4 Å². The number of halogens is 2. The van der Waals surface area contributed by atoms with E-state index in [1.165, 1.54) is 0 Å². The van der Waals surface area contributed by atoms with E-state index in [4.69, 9.17) is 0 Å². The number of guanidine groups is 1. The van der Waals surface area contributed by atoms with Crippen molar-refractivity contribution in [2.75, 3.05) is 31.1 Å². The van der Waals surface area contributed by atoms with Gasteiger partial charge in [0.2, 0.25) is 0 Å². The summed E-state index contributed by atoms with van der Waals surface area (Å²) < 4.78 is 14.2. The van der Waals surface area contributed by atoms with E-state index in [1.807, 2.05) is 44.7 Å². The van der Waals surface area contributed by atoms with Gasteiger partial charge in [0.15, 0.2) is 5.96 Å². The molecule has 6 heteroatoms. The van der Waals surface area contributed by atoms with Crippen LogP contribution in [0.15, 0.2) is 23.2 Å². The van der Waals surface area contributed by atoms with Crippen molar-refractivity contribution < 1.29 is 4.39 Å². The summed E-state index contributed by atoms with van der Waals surface area (Å²) in [6.45, 7) is 11.8. The fourth-order valence-electron chi connectivity index (χ4n) is 2.15. The van der Waals surface area contributed by atoms with Crippen LogP contribution in [0.25, 0.3) is 0 Å². The second-order valence-corrected chi connectivity index (χ2v) is 4.68. The first kappa shape index (κ1) is 20.9. The molecule has 22 heavy (non-hydrogen) atoms. The monoisotopic (exact) mass is 422 g/mol. The second kappa shape index (κ2) is 11.5. The molecule has 0 aliphatic rings. The van der Waals surface area contributed by atoms with E-state index in [9.17, 15) is 4.39 Å². The van der Waals surface area contributed by atoms with Crippen molar-refractivity contribution >= 4 is 35.6 Å². The maximum atomic E-state index is 14.2. The lowest BCUT2D eigenvalue weighted by Gasteiger charge is -2.21. The van der Waals surface area contributed by atoms with Crippen LogP contribution in [0.5, 0.6) is 0 Å². The van der Waals surface area contributed by atoms with Crippen LogP contribution in [0.3, 0.4) is 0 Å². The van der Waals surface area contributed by atoms with Gasteiger partial charge in [0, 0.05) is 26.2 Å². The third-order valence-electron chi connectivity index (χ3n) is 3.22. The third kappa shape index (κ3) is 6.37. The molecule has 126 valence electrons. The number of hydrogen-bond acceptors (Lipinski definition) is 2. The number of aliphatic imine (C=N–C) groups is 1. The summed E-state index contributed by atoms with van der Waals surface area (Å²) in [5.74, 6) is 0.577. The summed E-state index contributed by atoms with van der Waals surface area (Å²) >= 11 is 0. The average molecular weight is 422 g/mol. The van der Waals surface area contributed by atoms with Gasteiger partial charge >= 0.3 is 0 Å². The number of anilines is 1. The second-order valence-electron chi connectivity index (χ2n) is 4.68. The normalized spacial score (nSPS) is 9.68. The van der Waals surface area contributed by atoms with Crippen LogP contribution >= 0.6 is 24.0 Å². The fourth-order valence-corrected chi connectivity index (χ4v) is 2.15. The maximum Gasteiger partial charge on any atom is 0.191 e. The number of hydrogen-bond donors (Lipinski definition) is 2. The number of benzene rings is 1. The van der Waals surface area contributed by atoms with Gasteiger partial charge in [-0.25, -0.2) is 9.38 Å². The molecule has 0 radical (unpaired) electrons. The molecule has 0 aromatic heterocycles. The minimum absolute atomic E-state index is 0. The molecule has 0 spiro atoms. The van der Waals surface area contributed by atoms with Gasteiger partial charge in [0.05, 0.1) is 12.2 Å². The van der Waals surface area contributed by atoms with Gasteiger partial charge in [-0.3, -0.25) is 0 Å². The molecule has 1 rings (SSSR count). The van der Waals surface area contributed by atoms with E-state index in [-0.39, 0.29) is 29.8 Å². The van der Waals surface area contributed by atoms with E-state index < -0.39 is 0 Å². The van der Waals surface area contributed by atoms with Crippen molar-refractivity contribution in [2.45, 2.75) is 34.2 Å². The predicted molar refractivity (Wildman–Crippen MR) is 104 cm³/mol. The van der Waals surface area contributed by atoms with E-state index >= 15 is 0 Å². The molecule has 0 saturated heterocycles. The number of nitrogens with one attached hydrogen (secondary N) is 2. The van der Waals surface area contributed by atoms with E-state index in [1.54, 1.807) is 6.07 Å². The van der Waals surface area contributed by atoms with Gasteiger partial charge in [-0.1, -0.05) is 6.07 Å². The molecule has 1 aromatic rings. The molecule has 0 amide bonds. The maximum absolute atomic E-state index is 14.2. The first-order valence-corrected chi connectivity index (χ1v) is 7.71. The lowest BCUT2D eigenvalue weighted by atomic mass is 10.2. The average Bonchev–Trinajstić information content (AvgIpc) is 2.48. The Morgan fingerprint density at radius 3 is 2.14 bits per heavy atom. The van der Waals surface area contributed by atoms with Crippen LogP contribution in [-0.2, 0) is 6.54 Å². The quantitative estimate of drug-likeness (QED) is 0.402. The topological polar surface area (TPSA) is 39.7 Å². The summed E-state index contributed by atoms with van der Waals surface area (Å²) in [4.78, 5) is 6.45. The van der Waals surface area contributed by atoms with Crippen LogP contribution in [-0.4, -0.2) is 32.1 Å². The largest absolute Gasteiger partial charge is 0.370 e. The zero-order chi connectivity index (χ0) is 15.7. The van der Waals surface area contributed by atoms with Gasteiger partial charge in [0.1, 0.15) is 5.82 Å². The highest BCUT2D eigenvalue weighted by molar-refractivity contribution is 14.0. The molecular weight excluding hydrogens is 394 g/mol. The fraction of sp³-hybridized carbons (Fsp3) is 0.562. The Bertz CT molecular complexity index is 453. The summed E-state index contributed by atoms with van der Waals surface area (Å²) in [6, 6.07) is 5.36. The van der Waals surface area contributed by atoms with Crippen molar-refractivity contribution in [3.05, 3.63) is 29.6 Å². The minimum atomic E-state index is -0.181. The van der Waals surface area contributed by atoms with Crippen molar-refractivity contribution in [1.29, 1.82) is 0 Å². The lowest BCUT2D eigenvalue weighted by Crippen LogP contribution is -2.36. The summed E-state index contributed by atoms with van der Waals surface area (Å²) in [5.41, 5.74) is 1.53. The number of rotatable bonds is 7. The first-order chi connectivity index (χ1) is 10.2. The molecule has 0 aliphatic carbocycles. The van der Waals surface area contributed by atoms with Gasteiger partial charge in [-0.2, -0.15) is 0 Å². The molecular formula is C16H28FIN4. The highest BCUT2D eigenvalue weighted by Gasteiger charge is 2.09. The Labute approximate surface area is 150 Å². The Morgan fingerprint density at radius 2 is 1.68 bits per heavy atom. The van der Waals surface area contributed by atoms with Crippen LogP contribution in [0.2, 0.25) is 0 Å². The Hall–Kier alpha value is -1.05. The van der Waals surface area contributed by atoms with Crippen molar-refractivity contribution in [3.8, 4) is 0 Å². The zero-order valence-corrected chi connectivity index (χ0v) is 16.3. The smallest absolute Gasteiger partial charge is 0.191 e. The summed E-state index contributed by atoms with van der Waals surface area (Å²) in [5, 5.41) is 6.31. The zero-order valence-electron chi connectivity index (χ0n) is 13.9. The van der Waals surface area contributed by atoms with Gasteiger partial charge in [-0.15, -0.1) is 24.0 Å². The lowest BCUT2D eigenvalue weighted by molar-refractivity contribution is 0.617. The molecule has 0 heterocycles. The number of nitrogens with zero attached hydrogens (tertiary/aromatic N) is 2. The third-order valence-corrected chi connectivity index (χ3v) is 3.22. The highest BCUT2D eigenvalue weighted by Crippen LogP contribution is 2.20. The molecule has 2 N–H and O–H groups in total. The van der Waals surface area contributed by atoms with Crippen LogP contribution in [0.4, 0.5) is 10.1 Å².